The topological polar surface area (TPSA) is 82.6 Å². The van der Waals surface area contributed by atoms with E-state index in [2.05, 4.69) is 31.1 Å². The van der Waals surface area contributed by atoms with Crippen LogP contribution in [0.4, 0.5) is 11.5 Å². The third-order valence-electron chi connectivity index (χ3n) is 5.65. The maximum Gasteiger partial charge on any atom is 0.243 e. The molecule has 1 amide bonds. The summed E-state index contributed by atoms with van der Waals surface area (Å²) in [6.07, 6.45) is 5.35. The molecule has 2 saturated heterocycles. The van der Waals surface area contributed by atoms with Gasteiger partial charge in [0, 0.05) is 30.7 Å². The second-order valence-electron chi connectivity index (χ2n) is 7.74. The van der Waals surface area contributed by atoms with Crippen molar-refractivity contribution >= 4 is 43.4 Å². The summed E-state index contributed by atoms with van der Waals surface area (Å²) in [6, 6.07) is 10.4. The van der Waals surface area contributed by atoms with Crippen LogP contribution < -0.4 is 10.2 Å². The predicted octanol–water partition coefficient (Wildman–Crippen LogP) is 3.48. The largest absolute Gasteiger partial charge is 0.357 e. The van der Waals surface area contributed by atoms with Crippen molar-refractivity contribution in [2.24, 2.45) is 5.92 Å². The molecule has 2 aromatic rings. The van der Waals surface area contributed by atoms with Crippen LogP contribution in [0.25, 0.3) is 0 Å². The van der Waals surface area contributed by atoms with Crippen molar-refractivity contribution in [3.05, 3.63) is 47.1 Å². The van der Waals surface area contributed by atoms with Crippen molar-refractivity contribution in [2.75, 3.05) is 36.4 Å². The summed E-state index contributed by atoms with van der Waals surface area (Å²) in [5.41, 5.74) is 0.635. The van der Waals surface area contributed by atoms with Gasteiger partial charge < -0.3 is 10.2 Å². The van der Waals surface area contributed by atoms with Gasteiger partial charge in [-0.25, -0.2) is 13.4 Å². The minimum absolute atomic E-state index is 0.165. The van der Waals surface area contributed by atoms with E-state index < -0.39 is 10.0 Å². The number of carbonyl (C=O) groups excluding carboxylic acids is 1. The Morgan fingerprint density at radius 1 is 1.03 bits per heavy atom. The molecule has 4 rings (SSSR count). The number of aromatic nitrogens is 1. The molecule has 0 saturated carbocycles. The lowest BCUT2D eigenvalue weighted by atomic mass is 9.99. The predicted molar refractivity (Wildman–Crippen MR) is 120 cm³/mol. The van der Waals surface area contributed by atoms with E-state index in [-0.39, 0.29) is 23.3 Å². The molecule has 30 heavy (non-hydrogen) atoms. The number of anilines is 2. The molecule has 160 valence electrons. The molecule has 0 radical (unpaired) electrons. The van der Waals surface area contributed by atoms with E-state index in [1.54, 1.807) is 30.5 Å². The zero-order valence-corrected chi connectivity index (χ0v) is 19.0. The van der Waals surface area contributed by atoms with Crippen molar-refractivity contribution in [3.63, 3.8) is 0 Å². The third kappa shape index (κ3) is 4.68. The van der Waals surface area contributed by atoms with Crippen LogP contribution in [-0.4, -0.2) is 49.8 Å². The highest BCUT2D eigenvalue weighted by molar-refractivity contribution is 9.10. The molecule has 0 bridgehead atoms. The van der Waals surface area contributed by atoms with Crippen LogP contribution in [0, 0.1) is 5.92 Å². The zero-order chi connectivity index (χ0) is 21.1. The van der Waals surface area contributed by atoms with Crippen molar-refractivity contribution in [2.45, 2.75) is 30.6 Å². The highest BCUT2D eigenvalue weighted by Gasteiger charge is 2.33. The Hall–Kier alpha value is -1.97. The first kappa shape index (κ1) is 21.3. The number of nitrogens with one attached hydrogen (secondary N) is 1. The van der Waals surface area contributed by atoms with E-state index >= 15 is 0 Å². The van der Waals surface area contributed by atoms with Crippen LogP contribution in [0.5, 0.6) is 0 Å². The van der Waals surface area contributed by atoms with Gasteiger partial charge in [0.15, 0.2) is 0 Å². The quantitative estimate of drug-likeness (QED) is 0.690. The number of hydrogen-bond donors (Lipinski definition) is 1. The fourth-order valence-corrected chi connectivity index (χ4v) is 5.76. The monoisotopic (exact) mass is 492 g/mol. The second-order valence-corrected chi connectivity index (χ2v) is 10.6. The summed E-state index contributed by atoms with van der Waals surface area (Å²) >= 11 is 3.32. The van der Waals surface area contributed by atoms with E-state index in [0.29, 0.717) is 25.1 Å². The van der Waals surface area contributed by atoms with Crippen LogP contribution >= 0.6 is 15.9 Å². The number of carbonyl (C=O) groups is 1. The fourth-order valence-electron chi connectivity index (χ4n) is 3.97. The van der Waals surface area contributed by atoms with Gasteiger partial charge in [-0.15, -0.1) is 0 Å². The Balaban J connectivity index is 1.40. The van der Waals surface area contributed by atoms with Gasteiger partial charge in [-0.3, -0.25) is 4.79 Å². The number of halogens is 1. The maximum atomic E-state index is 13.0. The van der Waals surface area contributed by atoms with E-state index in [0.717, 1.165) is 23.4 Å². The molecule has 2 aliphatic rings. The summed E-state index contributed by atoms with van der Waals surface area (Å²) in [5, 5.41) is 2.90. The number of pyridine rings is 1. The highest BCUT2D eigenvalue weighted by Crippen LogP contribution is 2.26. The standard InChI is InChI=1S/C21H25BrN4O3S/c22-17-5-8-19(9-6-17)30(28,29)26-13-3-4-16(15-26)21(27)24-18-7-10-20(23-14-18)25-11-1-2-12-25/h5-10,14,16H,1-4,11-13,15H2,(H,24,27). The van der Waals surface area contributed by atoms with Crippen LogP contribution in [0.1, 0.15) is 25.7 Å². The Bertz CT molecular complexity index is 990. The molecule has 9 heteroatoms. The fraction of sp³-hybridized carbons (Fsp3) is 0.429. The Morgan fingerprint density at radius 2 is 1.77 bits per heavy atom. The summed E-state index contributed by atoms with van der Waals surface area (Å²) in [6.45, 7) is 2.64. The molecule has 3 heterocycles. The molecule has 7 nitrogen and oxygen atoms in total. The molecule has 1 N–H and O–H groups in total. The van der Waals surface area contributed by atoms with Crippen LogP contribution in [0.3, 0.4) is 0 Å². The normalized spacial score (nSPS) is 20.3. The smallest absolute Gasteiger partial charge is 0.243 e. The third-order valence-corrected chi connectivity index (χ3v) is 8.06. The molecule has 2 fully saturated rings. The first-order chi connectivity index (χ1) is 14.4. The van der Waals surface area contributed by atoms with Crippen molar-refractivity contribution < 1.29 is 13.2 Å². The number of nitrogens with zero attached hydrogens (tertiary/aromatic N) is 3. The van der Waals surface area contributed by atoms with Crippen LogP contribution in [-0.2, 0) is 14.8 Å². The molecule has 2 aliphatic heterocycles. The van der Waals surface area contributed by atoms with Gasteiger partial charge >= 0.3 is 0 Å². The number of rotatable bonds is 5. The Labute approximate surface area is 185 Å². The highest BCUT2D eigenvalue weighted by atomic mass is 79.9. The number of piperidine rings is 1. The van der Waals surface area contributed by atoms with Gasteiger partial charge in [0.25, 0.3) is 0 Å². The molecule has 1 atom stereocenters. The summed E-state index contributed by atoms with van der Waals surface area (Å²) in [5.74, 6) is 0.374. The maximum absolute atomic E-state index is 13.0. The number of benzene rings is 1. The minimum Gasteiger partial charge on any atom is -0.357 e. The Morgan fingerprint density at radius 3 is 2.43 bits per heavy atom. The Kier molecular flexibility index (Phi) is 6.40. The SMILES string of the molecule is O=C(Nc1ccc(N2CCCC2)nc1)C1CCCN(S(=O)(=O)c2ccc(Br)cc2)C1. The molecular formula is C21H25BrN4O3S. The van der Waals surface area contributed by atoms with Gasteiger partial charge in [-0.1, -0.05) is 15.9 Å². The van der Waals surface area contributed by atoms with E-state index in [9.17, 15) is 13.2 Å². The van der Waals surface area contributed by atoms with Crippen molar-refractivity contribution in [1.29, 1.82) is 0 Å². The zero-order valence-electron chi connectivity index (χ0n) is 16.6. The van der Waals surface area contributed by atoms with Crippen LogP contribution in [0.2, 0.25) is 0 Å². The minimum atomic E-state index is -3.62. The second kappa shape index (κ2) is 9.03. The van der Waals surface area contributed by atoms with Gasteiger partial charge in [0.2, 0.25) is 15.9 Å². The molecule has 1 aromatic carbocycles. The lowest BCUT2D eigenvalue weighted by Crippen LogP contribution is -2.43. The first-order valence-electron chi connectivity index (χ1n) is 10.2. The number of hydrogen-bond acceptors (Lipinski definition) is 5. The van der Waals surface area contributed by atoms with Gasteiger partial charge in [0.05, 0.1) is 22.7 Å². The summed E-state index contributed by atoms with van der Waals surface area (Å²) < 4.78 is 28.1. The van der Waals surface area contributed by atoms with Crippen molar-refractivity contribution in [3.8, 4) is 0 Å². The molecular weight excluding hydrogens is 468 g/mol. The van der Waals surface area contributed by atoms with Crippen LogP contribution in [0.15, 0.2) is 52.0 Å². The van der Waals surface area contributed by atoms with Crippen molar-refractivity contribution in [1.82, 2.24) is 9.29 Å². The summed E-state index contributed by atoms with van der Waals surface area (Å²) in [4.78, 5) is 19.7. The molecule has 0 spiro atoms. The van der Waals surface area contributed by atoms with Gasteiger partial charge in [-0.2, -0.15) is 4.31 Å². The van der Waals surface area contributed by atoms with E-state index in [1.165, 1.54) is 17.1 Å². The number of sulfonamides is 1. The molecule has 1 aromatic heterocycles. The molecule has 0 aliphatic carbocycles. The number of amides is 1. The van der Waals surface area contributed by atoms with Gasteiger partial charge in [0.1, 0.15) is 5.82 Å². The lowest BCUT2D eigenvalue weighted by molar-refractivity contribution is -0.120. The summed E-state index contributed by atoms with van der Waals surface area (Å²) in [7, 11) is -3.62. The average Bonchev–Trinajstić information content (AvgIpc) is 3.30. The lowest BCUT2D eigenvalue weighted by Gasteiger charge is -2.31. The van der Waals surface area contributed by atoms with E-state index in [4.69, 9.17) is 0 Å². The molecule has 1 unspecified atom stereocenters. The van der Waals surface area contributed by atoms with E-state index in [1.807, 2.05) is 12.1 Å². The average molecular weight is 493 g/mol. The van der Waals surface area contributed by atoms with Gasteiger partial charge in [-0.05, 0) is 62.1 Å². The first-order valence-corrected chi connectivity index (χ1v) is 12.4.